The first-order chi connectivity index (χ1) is 9.95. The zero-order chi connectivity index (χ0) is 15.4. The van der Waals surface area contributed by atoms with Gasteiger partial charge in [0.2, 0.25) is 0 Å². The van der Waals surface area contributed by atoms with Gasteiger partial charge in [-0.15, -0.1) is 12.4 Å². The molecule has 1 heterocycles. The van der Waals surface area contributed by atoms with Crippen LogP contribution in [0.3, 0.4) is 0 Å². The standard InChI is InChI=1S/C16H23BrN2O2.ClH/c1-10(2)21-15-9-12(17)4-5-14(15)16(20)19-13-6-7-18-11(3)8-13;/h4-5,9-11,13,18H,6-8H2,1-3H3,(H,19,20);1H. The van der Waals surface area contributed by atoms with Crippen LogP contribution in [0, 0.1) is 0 Å². The van der Waals surface area contributed by atoms with Gasteiger partial charge >= 0.3 is 0 Å². The summed E-state index contributed by atoms with van der Waals surface area (Å²) in [5, 5.41) is 6.51. The van der Waals surface area contributed by atoms with Gasteiger partial charge in [-0.2, -0.15) is 0 Å². The van der Waals surface area contributed by atoms with Crippen LogP contribution in [0.5, 0.6) is 5.75 Å². The van der Waals surface area contributed by atoms with E-state index >= 15 is 0 Å². The fourth-order valence-corrected chi connectivity index (χ4v) is 2.90. The van der Waals surface area contributed by atoms with Gasteiger partial charge in [-0.1, -0.05) is 15.9 Å². The van der Waals surface area contributed by atoms with E-state index in [0.717, 1.165) is 23.9 Å². The maximum atomic E-state index is 12.5. The highest BCUT2D eigenvalue weighted by Crippen LogP contribution is 2.25. The van der Waals surface area contributed by atoms with Crippen LogP contribution in [-0.2, 0) is 0 Å². The van der Waals surface area contributed by atoms with Gasteiger partial charge in [0, 0.05) is 16.6 Å². The lowest BCUT2D eigenvalue weighted by Crippen LogP contribution is -2.46. The first kappa shape index (κ1) is 19.3. The van der Waals surface area contributed by atoms with E-state index in [4.69, 9.17) is 4.74 Å². The molecule has 2 atom stereocenters. The molecule has 124 valence electrons. The van der Waals surface area contributed by atoms with Gasteiger partial charge in [0.1, 0.15) is 5.75 Å². The molecule has 2 rings (SSSR count). The molecular weight excluding hydrogens is 368 g/mol. The van der Waals surface area contributed by atoms with E-state index in [-0.39, 0.29) is 30.5 Å². The normalized spacial score (nSPS) is 21.1. The van der Waals surface area contributed by atoms with Crippen molar-refractivity contribution < 1.29 is 9.53 Å². The second kappa shape index (κ2) is 8.75. The first-order valence-electron chi connectivity index (χ1n) is 7.46. The van der Waals surface area contributed by atoms with Crippen LogP contribution in [-0.4, -0.2) is 30.6 Å². The number of carbonyl (C=O) groups is 1. The van der Waals surface area contributed by atoms with E-state index in [1.54, 1.807) is 0 Å². The molecule has 4 nitrogen and oxygen atoms in total. The van der Waals surface area contributed by atoms with Crippen molar-refractivity contribution in [3.63, 3.8) is 0 Å². The number of hydrogen-bond acceptors (Lipinski definition) is 3. The molecule has 1 amide bonds. The molecule has 0 bridgehead atoms. The van der Waals surface area contributed by atoms with Gasteiger partial charge < -0.3 is 15.4 Å². The number of ether oxygens (including phenoxy) is 1. The largest absolute Gasteiger partial charge is 0.490 e. The Balaban J connectivity index is 0.00000242. The van der Waals surface area contributed by atoms with E-state index < -0.39 is 0 Å². The molecule has 0 radical (unpaired) electrons. The fourth-order valence-electron chi connectivity index (χ4n) is 2.56. The highest BCUT2D eigenvalue weighted by atomic mass is 79.9. The van der Waals surface area contributed by atoms with Crippen LogP contribution < -0.4 is 15.4 Å². The van der Waals surface area contributed by atoms with Gasteiger partial charge in [0.15, 0.2) is 0 Å². The van der Waals surface area contributed by atoms with Gasteiger partial charge in [0.05, 0.1) is 11.7 Å². The number of piperidine rings is 1. The Morgan fingerprint density at radius 1 is 1.45 bits per heavy atom. The van der Waals surface area contributed by atoms with Gasteiger partial charge in [0.25, 0.3) is 5.91 Å². The second-order valence-corrected chi connectivity index (χ2v) is 6.77. The average Bonchev–Trinajstić information content (AvgIpc) is 2.37. The number of benzene rings is 1. The zero-order valence-electron chi connectivity index (χ0n) is 13.2. The van der Waals surface area contributed by atoms with Crippen molar-refractivity contribution in [3.8, 4) is 5.75 Å². The van der Waals surface area contributed by atoms with E-state index in [9.17, 15) is 4.79 Å². The monoisotopic (exact) mass is 390 g/mol. The molecule has 1 aliphatic heterocycles. The molecule has 0 saturated carbocycles. The van der Waals surface area contributed by atoms with Gasteiger partial charge in [-0.05, 0) is 58.4 Å². The molecule has 6 heteroatoms. The van der Waals surface area contributed by atoms with E-state index in [2.05, 4.69) is 33.5 Å². The minimum absolute atomic E-state index is 0. The highest BCUT2D eigenvalue weighted by molar-refractivity contribution is 9.10. The van der Waals surface area contributed by atoms with Crippen LogP contribution >= 0.6 is 28.3 Å². The van der Waals surface area contributed by atoms with Gasteiger partial charge in [-0.3, -0.25) is 4.79 Å². The quantitative estimate of drug-likeness (QED) is 0.825. The summed E-state index contributed by atoms with van der Waals surface area (Å²) >= 11 is 3.42. The zero-order valence-corrected chi connectivity index (χ0v) is 15.6. The summed E-state index contributed by atoms with van der Waals surface area (Å²) in [5.41, 5.74) is 0.595. The summed E-state index contributed by atoms with van der Waals surface area (Å²) in [5.74, 6) is 0.566. The minimum atomic E-state index is -0.0581. The lowest BCUT2D eigenvalue weighted by Gasteiger charge is -2.29. The fraction of sp³-hybridized carbons (Fsp3) is 0.562. The number of rotatable bonds is 4. The number of nitrogens with one attached hydrogen (secondary N) is 2. The van der Waals surface area contributed by atoms with Crippen molar-refractivity contribution in [3.05, 3.63) is 28.2 Å². The Hall–Kier alpha value is -0.780. The summed E-state index contributed by atoms with van der Waals surface area (Å²) in [7, 11) is 0. The summed E-state index contributed by atoms with van der Waals surface area (Å²) < 4.78 is 6.66. The second-order valence-electron chi connectivity index (χ2n) is 5.86. The predicted octanol–water partition coefficient (Wildman–Crippen LogP) is 3.53. The third-order valence-electron chi connectivity index (χ3n) is 3.51. The van der Waals surface area contributed by atoms with Crippen LogP contribution in [0.2, 0.25) is 0 Å². The maximum Gasteiger partial charge on any atom is 0.255 e. The molecule has 0 spiro atoms. The molecule has 0 aromatic heterocycles. The van der Waals surface area contributed by atoms with Crippen molar-refractivity contribution in [2.24, 2.45) is 0 Å². The van der Waals surface area contributed by atoms with E-state index in [1.807, 2.05) is 32.0 Å². The maximum absolute atomic E-state index is 12.5. The molecule has 1 aromatic rings. The molecule has 2 N–H and O–H groups in total. The topological polar surface area (TPSA) is 50.4 Å². The third kappa shape index (κ3) is 5.45. The Morgan fingerprint density at radius 3 is 2.82 bits per heavy atom. The van der Waals surface area contributed by atoms with Crippen molar-refractivity contribution in [1.82, 2.24) is 10.6 Å². The minimum Gasteiger partial charge on any atom is -0.490 e. The van der Waals surface area contributed by atoms with Crippen molar-refractivity contribution in [2.75, 3.05) is 6.54 Å². The van der Waals surface area contributed by atoms with Crippen LogP contribution in [0.15, 0.2) is 22.7 Å². The summed E-state index contributed by atoms with van der Waals surface area (Å²) in [4.78, 5) is 12.5. The highest BCUT2D eigenvalue weighted by Gasteiger charge is 2.22. The Labute approximate surface area is 146 Å². The predicted molar refractivity (Wildman–Crippen MR) is 95.1 cm³/mol. The van der Waals surface area contributed by atoms with Crippen LogP contribution in [0.4, 0.5) is 0 Å². The smallest absolute Gasteiger partial charge is 0.255 e. The molecule has 2 unspecified atom stereocenters. The number of hydrogen-bond donors (Lipinski definition) is 2. The molecule has 0 aliphatic carbocycles. The third-order valence-corrected chi connectivity index (χ3v) is 4.00. The number of carbonyl (C=O) groups excluding carboxylic acids is 1. The Morgan fingerprint density at radius 2 is 2.18 bits per heavy atom. The number of halogens is 2. The molecule has 1 aliphatic rings. The van der Waals surface area contributed by atoms with Crippen molar-refractivity contribution in [2.45, 2.75) is 51.8 Å². The summed E-state index contributed by atoms with van der Waals surface area (Å²) in [6.07, 6.45) is 1.96. The molecule has 1 aromatic carbocycles. The Kier molecular flexibility index (Phi) is 7.66. The summed E-state index contributed by atoms with van der Waals surface area (Å²) in [6.45, 7) is 7.00. The van der Waals surface area contributed by atoms with Crippen LogP contribution in [0.25, 0.3) is 0 Å². The lowest BCUT2D eigenvalue weighted by atomic mass is 10.00. The first-order valence-corrected chi connectivity index (χ1v) is 8.25. The lowest BCUT2D eigenvalue weighted by molar-refractivity contribution is 0.0920. The van der Waals surface area contributed by atoms with Crippen molar-refractivity contribution in [1.29, 1.82) is 0 Å². The molecule has 1 saturated heterocycles. The SMILES string of the molecule is CC1CC(NC(=O)c2ccc(Br)cc2OC(C)C)CCN1.Cl. The van der Waals surface area contributed by atoms with E-state index in [1.165, 1.54) is 0 Å². The number of amides is 1. The molecule has 1 fully saturated rings. The van der Waals surface area contributed by atoms with Gasteiger partial charge in [-0.25, -0.2) is 0 Å². The van der Waals surface area contributed by atoms with Crippen molar-refractivity contribution >= 4 is 34.2 Å². The average molecular weight is 392 g/mol. The summed E-state index contributed by atoms with van der Waals surface area (Å²) in [6, 6.07) is 6.19. The Bertz CT molecular complexity index is 511. The van der Waals surface area contributed by atoms with E-state index in [0.29, 0.717) is 17.4 Å². The van der Waals surface area contributed by atoms with Crippen LogP contribution in [0.1, 0.15) is 44.0 Å². The molecular formula is C16H24BrClN2O2. The molecule has 22 heavy (non-hydrogen) atoms.